The number of anilines is 2. The Balaban J connectivity index is 1.98. The minimum absolute atomic E-state index is 0.0420. The highest BCUT2D eigenvalue weighted by molar-refractivity contribution is 5.96. The summed E-state index contributed by atoms with van der Waals surface area (Å²) in [6.07, 6.45) is -4.50. The van der Waals surface area contributed by atoms with Gasteiger partial charge in [-0.3, -0.25) is 14.5 Å². The average Bonchev–Trinajstić information content (AvgIpc) is 2.71. The first kappa shape index (κ1) is 23.2. The summed E-state index contributed by atoms with van der Waals surface area (Å²) in [7, 11) is 1.54. The van der Waals surface area contributed by atoms with Gasteiger partial charge in [-0.15, -0.1) is 0 Å². The lowest BCUT2D eigenvalue weighted by Gasteiger charge is -2.26. The second-order valence-corrected chi connectivity index (χ2v) is 6.58. The second kappa shape index (κ2) is 10.1. The Kier molecular flexibility index (Phi) is 7.82. The van der Waals surface area contributed by atoms with Gasteiger partial charge in [0.1, 0.15) is 5.75 Å². The van der Waals surface area contributed by atoms with Crippen molar-refractivity contribution < 1.29 is 27.5 Å². The van der Waals surface area contributed by atoms with Crippen LogP contribution in [0.25, 0.3) is 0 Å². The Morgan fingerprint density at radius 3 is 2.30 bits per heavy atom. The molecule has 2 amide bonds. The minimum Gasteiger partial charge on any atom is -0.497 e. The zero-order chi connectivity index (χ0) is 22.3. The number of methoxy groups -OCH3 is 1. The molecule has 0 aliphatic carbocycles. The van der Waals surface area contributed by atoms with Gasteiger partial charge in [0, 0.05) is 11.4 Å². The number of carbonyl (C=O) groups excluding carboxylic acids is 2. The number of amides is 2. The molecule has 0 radical (unpaired) electrons. The zero-order valence-electron chi connectivity index (χ0n) is 16.9. The van der Waals surface area contributed by atoms with E-state index in [0.29, 0.717) is 18.0 Å². The van der Waals surface area contributed by atoms with Crippen molar-refractivity contribution in [3.63, 3.8) is 0 Å². The first-order chi connectivity index (χ1) is 14.1. The van der Waals surface area contributed by atoms with Crippen molar-refractivity contribution in [2.24, 2.45) is 0 Å². The minimum atomic E-state index is -4.50. The van der Waals surface area contributed by atoms with Crippen LogP contribution in [-0.4, -0.2) is 43.0 Å². The summed E-state index contributed by atoms with van der Waals surface area (Å²) in [4.78, 5) is 26.5. The maximum Gasteiger partial charge on any atom is 0.416 e. The van der Waals surface area contributed by atoms with Crippen LogP contribution in [0.3, 0.4) is 0 Å². The van der Waals surface area contributed by atoms with E-state index >= 15 is 0 Å². The Bertz CT molecular complexity index is 870. The lowest BCUT2D eigenvalue weighted by molar-refractivity contribution is -0.137. The Hall–Kier alpha value is -3.07. The van der Waals surface area contributed by atoms with Gasteiger partial charge in [-0.05, 0) is 55.9 Å². The van der Waals surface area contributed by atoms with Gasteiger partial charge >= 0.3 is 6.18 Å². The number of benzene rings is 2. The van der Waals surface area contributed by atoms with E-state index in [1.54, 1.807) is 50.1 Å². The number of nitrogens with one attached hydrogen (secondary N) is 2. The van der Waals surface area contributed by atoms with Gasteiger partial charge in [-0.2, -0.15) is 13.2 Å². The highest BCUT2D eigenvalue weighted by Gasteiger charge is 2.31. The summed E-state index contributed by atoms with van der Waals surface area (Å²) < 4.78 is 43.6. The second-order valence-electron chi connectivity index (χ2n) is 6.58. The highest BCUT2D eigenvalue weighted by Crippen LogP contribution is 2.30. The topological polar surface area (TPSA) is 70.7 Å². The van der Waals surface area contributed by atoms with E-state index in [1.807, 2.05) is 0 Å². The molecular formula is C21H24F3N3O3. The summed E-state index contributed by atoms with van der Waals surface area (Å²) in [6, 6.07) is 10.5. The number of nitrogens with zero attached hydrogens (tertiary/aromatic N) is 1. The highest BCUT2D eigenvalue weighted by atomic mass is 19.4. The number of ether oxygens (including phenoxy) is 1. The van der Waals surface area contributed by atoms with Gasteiger partial charge in [-0.25, -0.2) is 0 Å². The fraction of sp³-hybridized carbons (Fsp3) is 0.333. The molecule has 2 aromatic rings. The molecule has 2 aromatic carbocycles. The fourth-order valence-electron chi connectivity index (χ4n) is 2.77. The molecule has 30 heavy (non-hydrogen) atoms. The van der Waals surface area contributed by atoms with Crippen LogP contribution < -0.4 is 15.4 Å². The normalized spacial score (nSPS) is 12.4. The van der Waals surface area contributed by atoms with Crippen LogP contribution in [-0.2, 0) is 15.8 Å². The number of likely N-dealkylation sites (N-methyl/N-ethyl adjacent to an activating group) is 1. The third-order valence-electron chi connectivity index (χ3n) is 4.51. The standard InChI is InChI=1S/C21H24F3N3O3/c1-4-27(13-19(28)25-16-8-10-18(30-3)11-9-16)14(2)20(29)26-17-7-5-6-15(12-17)21(22,23)24/h5-12,14H,4,13H2,1-3H3,(H,25,28)(H,26,29)/t14-/m0/s1. The van der Waals surface area contributed by atoms with Crippen molar-refractivity contribution in [2.75, 3.05) is 30.8 Å². The van der Waals surface area contributed by atoms with E-state index < -0.39 is 23.7 Å². The smallest absolute Gasteiger partial charge is 0.416 e. The molecular weight excluding hydrogens is 399 g/mol. The maximum absolute atomic E-state index is 12.8. The van der Waals surface area contributed by atoms with E-state index in [9.17, 15) is 22.8 Å². The molecule has 0 saturated carbocycles. The Morgan fingerprint density at radius 1 is 1.07 bits per heavy atom. The van der Waals surface area contributed by atoms with Crippen molar-refractivity contribution >= 4 is 23.2 Å². The van der Waals surface area contributed by atoms with Crippen molar-refractivity contribution in [1.82, 2.24) is 4.90 Å². The zero-order valence-corrected chi connectivity index (χ0v) is 16.9. The van der Waals surface area contributed by atoms with Crippen LogP contribution in [0.15, 0.2) is 48.5 Å². The van der Waals surface area contributed by atoms with E-state index in [2.05, 4.69) is 10.6 Å². The molecule has 0 unspecified atom stereocenters. The molecule has 6 nitrogen and oxygen atoms in total. The van der Waals surface area contributed by atoms with E-state index in [-0.39, 0.29) is 18.1 Å². The van der Waals surface area contributed by atoms with Gasteiger partial charge in [0.15, 0.2) is 0 Å². The van der Waals surface area contributed by atoms with Crippen molar-refractivity contribution in [3.8, 4) is 5.75 Å². The molecule has 0 spiro atoms. The molecule has 0 bridgehead atoms. The van der Waals surface area contributed by atoms with Crippen molar-refractivity contribution in [3.05, 3.63) is 54.1 Å². The molecule has 0 aromatic heterocycles. The quantitative estimate of drug-likeness (QED) is 0.673. The number of halogens is 3. The van der Waals surface area contributed by atoms with Crippen LogP contribution >= 0.6 is 0 Å². The lowest BCUT2D eigenvalue weighted by Crippen LogP contribution is -2.45. The van der Waals surface area contributed by atoms with Crippen molar-refractivity contribution in [2.45, 2.75) is 26.1 Å². The maximum atomic E-state index is 12.8. The number of hydrogen-bond acceptors (Lipinski definition) is 4. The van der Waals surface area contributed by atoms with Crippen LogP contribution in [0.4, 0.5) is 24.5 Å². The first-order valence-corrected chi connectivity index (χ1v) is 9.30. The molecule has 0 fully saturated rings. The summed E-state index contributed by atoms with van der Waals surface area (Å²) >= 11 is 0. The number of carbonyl (C=O) groups is 2. The average molecular weight is 423 g/mol. The Labute approximate surface area is 173 Å². The number of hydrogen-bond donors (Lipinski definition) is 2. The van der Waals surface area contributed by atoms with E-state index in [0.717, 1.165) is 12.1 Å². The molecule has 2 N–H and O–H groups in total. The largest absolute Gasteiger partial charge is 0.497 e. The molecule has 2 rings (SSSR count). The Morgan fingerprint density at radius 2 is 1.73 bits per heavy atom. The molecule has 9 heteroatoms. The van der Waals surface area contributed by atoms with Crippen LogP contribution in [0.1, 0.15) is 19.4 Å². The van der Waals surface area contributed by atoms with Gasteiger partial charge in [0.2, 0.25) is 11.8 Å². The van der Waals surface area contributed by atoms with Crippen LogP contribution in [0.2, 0.25) is 0 Å². The molecule has 1 atom stereocenters. The van der Waals surface area contributed by atoms with Gasteiger partial charge in [0.25, 0.3) is 0 Å². The van der Waals surface area contributed by atoms with E-state index in [4.69, 9.17) is 4.74 Å². The summed E-state index contributed by atoms with van der Waals surface area (Å²) in [5, 5.41) is 5.21. The monoisotopic (exact) mass is 423 g/mol. The summed E-state index contributed by atoms with van der Waals surface area (Å²) in [5.41, 5.74) is -0.225. The third kappa shape index (κ3) is 6.48. The fourth-order valence-corrected chi connectivity index (χ4v) is 2.77. The third-order valence-corrected chi connectivity index (χ3v) is 4.51. The lowest BCUT2D eigenvalue weighted by atomic mass is 10.2. The molecule has 0 heterocycles. The first-order valence-electron chi connectivity index (χ1n) is 9.30. The molecule has 0 aliphatic heterocycles. The number of alkyl halides is 3. The molecule has 0 saturated heterocycles. The number of rotatable bonds is 8. The summed E-state index contributed by atoms with van der Waals surface area (Å²) in [5.74, 6) is -0.169. The van der Waals surface area contributed by atoms with Gasteiger partial charge in [-0.1, -0.05) is 13.0 Å². The van der Waals surface area contributed by atoms with Gasteiger partial charge in [0.05, 0.1) is 25.3 Å². The SMILES string of the molecule is CCN(CC(=O)Nc1ccc(OC)cc1)[C@@H](C)C(=O)Nc1cccc(C(F)(F)F)c1. The van der Waals surface area contributed by atoms with E-state index in [1.165, 1.54) is 12.1 Å². The van der Waals surface area contributed by atoms with Gasteiger partial charge < -0.3 is 15.4 Å². The molecule has 162 valence electrons. The molecule has 0 aliphatic rings. The van der Waals surface area contributed by atoms with Crippen LogP contribution in [0.5, 0.6) is 5.75 Å². The van der Waals surface area contributed by atoms with Crippen LogP contribution in [0, 0.1) is 0 Å². The summed E-state index contributed by atoms with van der Waals surface area (Å²) in [6.45, 7) is 3.72. The predicted molar refractivity (Wildman–Crippen MR) is 108 cm³/mol. The van der Waals surface area contributed by atoms with Crippen molar-refractivity contribution in [1.29, 1.82) is 0 Å². The predicted octanol–water partition coefficient (Wildman–Crippen LogP) is 4.00.